The Bertz CT molecular complexity index is 645. The van der Waals surface area contributed by atoms with Gasteiger partial charge in [-0.15, -0.1) is 0 Å². The number of hydrogen-bond acceptors (Lipinski definition) is 2. The first kappa shape index (κ1) is 13.3. The van der Waals surface area contributed by atoms with Crippen molar-refractivity contribution in [1.82, 2.24) is 10.3 Å². The molecular formula is C14H12F4N2. The van der Waals surface area contributed by atoms with Crippen LogP contribution in [0.1, 0.15) is 23.6 Å². The van der Waals surface area contributed by atoms with Crippen LogP contribution in [0.25, 0.3) is 10.9 Å². The zero-order valence-electron chi connectivity index (χ0n) is 10.5. The van der Waals surface area contributed by atoms with E-state index < -0.39 is 17.7 Å². The summed E-state index contributed by atoms with van der Waals surface area (Å²) in [5.41, 5.74) is -0.715. The third-order valence-electron chi connectivity index (χ3n) is 3.61. The molecule has 0 amide bonds. The van der Waals surface area contributed by atoms with Crippen LogP contribution in [0, 0.1) is 5.82 Å². The third-order valence-corrected chi connectivity index (χ3v) is 3.61. The topological polar surface area (TPSA) is 24.9 Å². The minimum Gasteiger partial charge on any atom is -0.316 e. The van der Waals surface area contributed by atoms with Gasteiger partial charge in [-0.25, -0.2) is 9.37 Å². The summed E-state index contributed by atoms with van der Waals surface area (Å²) >= 11 is 0. The van der Waals surface area contributed by atoms with E-state index in [4.69, 9.17) is 0 Å². The second-order valence-corrected chi connectivity index (χ2v) is 4.92. The van der Waals surface area contributed by atoms with Crippen molar-refractivity contribution in [2.24, 2.45) is 0 Å². The summed E-state index contributed by atoms with van der Waals surface area (Å²) in [5.74, 6) is -0.760. The SMILES string of the molecule is Fc1cccc2c(C3CCNC3)cc(C(F)(F)F)nc12. The van der Waals surface area contributed by atoms with Gasteiger partial charge in [0.15, 0.2) is 0 Å². The molecule has 1 saturated heterocycles. The average Bonchev–Trinajstić information content (AvgIpc) is 2.91. The average molecular weight is 284 g/mol. The molecule has 1 aliphatic heterocycles. The molecule has 106 valence electrons. The van der Waals surface area contributed by atoms with Crippen LogP contribution >= 0.6 is 0 Å². The molecule has 20 heavy (non-hydrogen) atoms. The van der Waals surface area contributed by atoms with Crippen LogP contribution in [0.15, 0.2) is 24.3 Å². The first-order chi connectivity index (χ1) is 9.47. The molecule has 3 rings (SSSR count). The quantitative estimate of drug-likeness (QED) is 0.811. The summed E-state index contributed by atoms with van der Waals surface area (Å²) in [6.07, 6.45) is -3.83. The summed E-state index contributed by atoms with van der Waals surface area (Å²) in [7, 11) is 0. The van der Waals surface area contributed by atoms with Crippen molar-refractivity contribution >= 4 is 10.9 Å². The number of nitrogens with one attached hydrogen (secondary N) is 1. The van der Waals surface area contributed by atoms with Gasteiger partial charge in [-0.2, -0.15) is 13.2 Å². The fourth-order valence-electron chi connectivity index (χ4n) is 2.64. The van der Waals surface area contributed by atoms with E-state index in [-0.39, 0.29) is 11.4 Å². The summed E-state index contributed by atoms with van der Waals surface area (Å²) in [5, 5.41) is 3.58. The number of halogens is 4. The van der Waals surface area contributed by atoms with Crippen LogP contribution in [0.5, 0.6) is 0 Å². The zero-order chi connectivity index (χ0) is 14.3. The van der Waals surface area contributed by atoms with Crippen LogP contribution in [0.2, 0.25) is 0 Å². The fraction of sp³-hybridized carbons (Fsp3) is 0.357. The second-order valence-electron chi connectivity index (χ2n) is 4.92. The molecular weight excluding hydrogens is 272 g/mol. The van der Waals surface area contributed by atoms with E-state index in [0.29, 0.717) is 17.5 Å². The Balaban J connectivity index is 2.27. The van der Waals surface area contributed by atoms with E-state index in [1.165, 1.54) is 6.07 Å². The van der Waals surface area contributed by atoms with Crippen LogP contribution in [0.4, 0.5) is 17.6 Å². The molecule has 2 nitrogen and oxygen atoms in total. The predicted molar refractivity (Wildman–Crippen MR) is 66.9 cm³/mol. The molecule has 1 atom stereocenters. The second kappa shape index (κ2) is 4.70. The number of fused-ring (bicyclic) bond motifs is 1. The van der Waals surface area contributed by atoms with Crippen LogP contribution < -0.4 is 5.32 Å². The molecule has 6 heteroatoms. The monoisotopic (exact) mass is 284 g/mol. The van der Waals surface area contributed by atoms with E-state index in [1.54, 1.807) is 6.07 Å². The molecule has 1 unspecified atom stereocenters. The van der Waals surface area contributed by atoms with E-state index in [2.05, 4.69) is 10.3 Å². The number of benzene rings is 1. The van der Waals surface area contributed by atoms with E-state index in [1.807, 2.05) is 0 Å². The predicted octanol–water partition coefficient (Wildman–Crippen LogP) is 3.47. The standard InChI is InChI=1S/C14H12F4N2/c15-11-3-1-2-9-10(8-4-5-19-7-8)6-12(14(16,17)18)20-13(9)11/h1-3,6,8,19H,4-5,7H2. The molecule has 1 aliphatic rings. The van der Waals surface area contributed by atoms with Gasteiger partial charge < -0.3 is 5.32 Å². The maximum atomic E-state index is 13.8. The van der Waals surface area contributed by atoms with Gasteiger partial charge in [0.25, 0.3) is 0 Å². The Morgan fingerprint density at radius 1 is 1.25 bits per heavy atom. The number of aromatic nitrogens is 1. The maximum Gasteiger partial charge on any atom is 0.433 e. The number of nitrogens with zero attached hydrogens (tertiary/aromatic N) is 1. The minimum absolute atomic E-state index is 0.0385. The summed E-state index contributed by atoms with van der Waals surface area (Å²) in [6.45, 7) is 1.36. The van der Waals surface area contributed by atoms with Gasteiger partial charge in [0.2, 0.25) is 0 Å². The summed E-state index contributed by atoms with van der Waals surface area (Å²) < 4.78 is 52.5. The van der Waals surface area contributed by atoms with Crippen molar-refractivity contribution in [2.45, 2.75) is 18.5 Å². The lowest BCUT2D eigenvalue weighted by molar-refractivity contribution is -0.141. The molecule has 2 aromatic rings. The molecule has 0 aliphatic carbocycles. The van der Waals surface area contributed by atoms with Gasteiger partial charge in [-0.1, -0.05) is 12.1 Å². The third kappa shape index (κ3) is 2.24. The van der Waals surface area contributed by atoms with Gasteiger partial charge in [0.1, 0.15) is 17.0 Å². The number of rotatable bonds is 1. The highest BCUT2D eigenvalue weighted by atomic mass is 19.4. The van der Waals surface area contributed by atoms with Crippen LogP contribution in [-0.2, 0) is 6.18 Å². The first-order valence-electron chi connectivity index (χ1n) is 6.34. The van der Waals surface area contributed by atoms with Crippen molar-refractivity contribution in [3.63, 3.8) is 0 Å². The van der Waals surface area contributed by atoms with E-state index in [0.717, 1.165) is 25.1 Å². The Kier molecular flexibility index (Phi) is 3.12. The van der Waals surface area contributed by atoms with Crippen molar-refractivity contribution < 1.29 is 17.6 Å². The molecule has 1 N–H and O–H groups in total. The Hall–Kier alpha value is -1.69. The number of alkyl halides is 3. The van der Waals surface area contributed by atoms with Gasteiger partial charge in [-0.05, 0) is 36.6 Å². The first-order valence-corrected chi connectivity index (χ1v) is 6.34. The van der Waals surface area contributed by atoms with Gasteiger partial charge >= 0.3 is 6.18 Å². The molecule has 0 saturated carbocycles. The Morgan fingerprint density at radius 3 is 2.70 bits per heavy atom. The van der Waals surface area contributed by atoms with Crippen molar-refractivity contribution in [2.75, 3.05) is 13.1 Å². The highest BCUT2D eigenvalue weighted by molar-refractivity contribution is 5.83. The number of para-hydroxylation sites is 1. The van der Waals surface area contributed by atoms with Gasteiger partial charge in [0, 0.05) is 11.9 Å². The molecule has 2 heterocycles. The van der Waals surface area contributed by atoms with E-state index in [9.17, 15) is 17.6 Å². The fourth-order valence-corrected chi connectivity index (χ4v) is 2.64. The Morgan fingerprint density at radius 2 is 2.05 bits per heavy atom. The van der Waals surface area contributed by atoms with Crippen molar-refractivity contribution in [3.05, 3.63) is 41.3 Å². The van der Waals surface area contributed by atoms with Crippen LogP contribution in [0.3, 0.4) is 0 Å². The molecule has 1 aromatic carbocycles. The van der Waals surface area contributed by atoms with Crippen molar-refractivity contribution in [1.29, 1.82) is 0 Å². The lowest BCUT2D eigenvalue weighted by Crippen LogP contribution is -2.13. The van der Waals surface area contributed by atoms with E-state index >= 15 is 0 Å². The smallest absolute Gasteiger partial charge is 0.316 e. The highest BCUT2D eigenvalue weighted by Gasteiger charge is 2.34. The maximum absolute atomic E-state index is 13.8. The molecule has 0 bridgehead atoms. The lowest BCUT2D eigenvalue weighted by atomic mass is 9.94. The molecule has 0 radical (unpaired) electrons. The highest BCUT2D eigenvalue weighted by Crippen LogP contribution is 2.35. The largest absolute Gasteiger partial charge is 0.433 e. The number of hydrogen-bond donors (Lipinski definition) is 1. The summed E-state index contributed by atoms with van der Waals surface area (Å²) in [4.78, 5) is 3.46. The number of pyridine rings is 1. The van der Waals surface area contributed by atoms with Crippen LogP contribution in [-0.4, -0.2) is 18.1 Å². The summed E-state index contributed by atoms with van der Waals surface area (Å²) in [6, 6.07) is 5.31. The van der Waals surface area contributed by atoms with Gasteiger partial charge in [-0.3, -0.25) is 0 Å². The normalized spacial score (nSPS) is 19.7. The zero-order valence-corrected chi connectivity index (χ0v) is 10.5. The van der Waals surface area contributed by atoms with Crippen molar-refractivity contribution in [3.8, 4) is 0 Å². The molecule has 1 fully saturated rings. The lowest BCUT2D eigenvalue weighted by Gasteiger charge is -2.16. The molecule has 1 aromatic heterocycles. The Labute approximate surface area is 112 Å². The van der Waals surface area contributed by atoms with Gasteiger partial charge in [0.05, 0.1) is 0 Å². The molecule has 0 spiro atoms. The minimum atomic E-state index is -4.57.